The first kappa shape index (κ1) is 37.3. The van der Waals surface area contributed by atoms with Gasteiger partial charge in [0, 0.05) is 49.0 Å². The van der Waals surface area contributed by atoms with Gasteiger partial charge in [0.1, 0.15) is 22.3 Å². The molecule has 0 aliphatic carbocycles. The van der Waals surface area contributed by atoms with Gasteiger partial charge in [0.25, 0.3) is 0 Å². The third-order valence-electron chi connectivity index (χ3n) is 13.2. The number of aromatic nitrogens is 4. The van der Waals surface area contributed by atoms with Gasteiger partial charge in [-0.1, -0.05) is 158 Å². The molecule has 0 saturated carbocycles. The number of nitrogens with zero attached hydrogens (tertiary/aromatic N) is 4. The molecule has 312 valence electrons. The molecule has 0 atom stereocenters. The van der Waals surface area contributed by atoms with Crippen LogP contribution in [0.3, 0.4) is 0 Å². The molecule has 0 aliphatic heterocycles. The van der Waals surface area contributed by atoms with E-state index >= 15 is 0 Å². The highest BCUT2D eigenvalue weighted by Crippen LogP contribution is 2.42. The lowest BCUT2D eigenvalue weighted by Crippen LogP contribution is -2.07. The van der Waals surface area contributed by atoms with Gasteiger partial charge in [0.2, 0.25) is 5.95 Å². The van der Waals surface area contributed by atoms with Crippen molar-refractivity contribution >= 4 is 76.5 Å². The summed E-state index contributed by atoms with van der Waals surface area (Å²) in [6.07, 6.45) is 0. The first-order chi connectivity index (χ1) is 33.2. The molecule has 0 saturated heterocycles. The molecule has 6 heteroatoms. The van der Waals surface area contributed by atoms with Crippen LogP contribution in [0.25, 0.3) is 139 Å². The van der Waals surface area contributed by atoms with Crippen molar-refractivity contribution in [2.45, 2.75) is 0 Å². The summed E-state index contributed by atoms with van der Waals surface area (Å²) in [6.45, 7) is 0. The number of hydrogen-bond acceptors (Lipinski definition) is 5. The Labute approximate surface area is 383 Å². The van der Waals surface area contributed by atoms with Crippen LogP contribution < -0.4 is 0 Å². The van der Waals surface area contributed by atoms with Crippen molar-refractivity contribution in [1.29, 1.82) is 0 Å². The van der Waals surface area contributed by atoms with E-state index in [2.05, 4.69) is 168 Å². The third-order valence-corrected chi connectivity index (χ3v) is 13.2. The Kier molecular flexibility index (Phi) is 8.18. The number of fused-ring (bicyclic) bond motifs is 10. The van der Waals surface area contributed by atoms with Crippen molar-refractivity contribution in [3.8, 4) is 62.1 Å². The van der Waals surface area contributed by atoms with Gasteiger partial charge >= 0.3 is 0 Å². The molecule has 0 aliphatic rings. The van der Waals surface area contributed by atoms with Crippen LogP contribution >= 0.6 is 0 Å². The summed E-state index contributed by atoms with van der Waals surface area (Å²) in [7, 11) is 0. The highest BCUT2D eigenvalue weighted by molar-refractivity contribution is 6.17. The fourth-order valence-electron chi connectivity index (χ4n) is 10.0. The molecular formula is C61H36N4O2. The predicted octanol–water partition coefficient (Wildman–Crippen LogP) is 16.3. The Bertz CT molecular complexity index is 4290. The van der Waals surface area contributed by atoms with Crippen LogP contribution in [0.2, 0.25) is 0 Å². The van der Waals surface area contributed by atoms with E-state index in [9.17, 15) is 0 Å². The van der Waals surface area contributed by atoms with Gasteiger partial charge in [-0.05, 0) is 99.3 Å². The van der Waals surface area contributed by atoms with Crippen LogP contribution in [-0.4, -0.2) is 19.5 Å². The highest BCUT2D eigenvalue weighted by atomic mass is 16.3. The molecule has 0 fully saturated rings. The third kappa shape index (κ3) is 6.08. The topological polar surface area (TPSA) is 69.9 Å². The first-order valence-electron chi connectivity index (χ1n) is 22.5. The maximum absolute atomic E-state index is 6.37. The molecule has 10 aromatic carbocycles. The molecule has 4 aromatic heterocycles. The molecule has 0 spiro atoms. The zero-order valence-electron chi connectivity index (χ0n) is 35.9. The lowest BCUT2D eigenvalue weighted by atomic mass is 9.95. The minimum absolute atomic E-state index is 0.530. The minimum Gasteiger partial charge on any atom is -0.456 e. The predicted molar refractivity (Wildman–Crippen MR) is 273 cm³/mol. The molecule has 4 heterocycles. The summed E-state index contributed by atoms with van der Waals surface area (Å²) in [4.78, 5) is 15.9. The normalized spacial score (nSPS) is 11.9. The maximum atomic E-state index is 6.37. The van der Waals surface area contributed by atoms with E-state index in [1.807, 2.05) is 54.6 Å². The van der Waals surface area contributed by atoms with Gasteiger partial charge < -0.3 is 8.83 Å². The molecule has 0 N–H and O–H groups in total. The van der Waals surface area contributed by atoms with Crippen molar-refractivity contribution in [2.75, 3.05) is 0 Å². The van der Waals surface area contributed by atoms with Crippen molar-refractivity contribution in [2.24, 2.45) is 0 Å². The second-order valence-corrected chi connectivity index (χ2v) is 17.2. The lowest BCUT2D eigenvalue weighted by molar-refractivity contribution is 0.668. The van der Waals surface area contributed by atoms with E-state index in [1.165, 1.54) is 5.39 Å². The van der Waals surface area contributed by atoms with Crippen LogP contribution in [0.15, 0.2) is 227 Å². The molecule has 0 unspecified atom stereocenters. The van der Waals surface area contributed by atoms with E-state index in [1.54, 1.807) is 0 Å². The lowest BCUT2D eigenvalue weighted by Gasteiger charge is -2.14. The average molecular weight is 857 g/mol. The second kappa shape index (κ2) is 14.7. The van der Waals surface area contributed by atoms with Gasteiger partial charge in [-0.3, -0.25) is 4.57 Å². The maximum Gasteiger partial charge on any atom is 0.238 e. The van der Waals surface area contributed by atoms with Crippen LogP contribution in [0.4, 0.5) is 0 Å². The largest absolute Gasteiger partial charge is 0.456 e. The van der Waals surface area contributed by atoms with Gasteiger partial charge in [0.15, 0.2) is 11.6 Å². The van der Waals surface area contributed by atoms with Crippen LogP contribution in [0.1, 0.15) is 0 Å². The van der Waals surface area contributed by atoms with Crippen LogP contribution in [0, 0.1) is 0 Å². The number of rotatable bonds is 6. The van der Waals surface area contributed by atoms with Crippen molar-refractivity contribution < 1.29 is 8.83 Å². The monoisotopic (exact) mass is 856 g/mol. The second-order valence-electron chi connectivity index (χ2n) is 17.2. The number of benzene rings is 10. The minimum atomic E-state index is 0.530. The van der Waals surface area contributed by atoms with Gasteiger partial charge in [0.05, 0.1) is 11.0 Å². The molecular weight excluding hydrogens is 821 g/mol. The number of para-hydroxylation sites is 3. The Hall–Kier alpha value is -9.13. The Balaban J connectivity index is 0.967. The quantitative estimate of drug-likeness (QED) is 0.167. The van der Waals surface area contributed by atoms with E-state index in [4.69, 9.17) is 23.8 Å². The highest BCUT2D eigenvalue weighted by Gasteiger charge is 2.22. The summed E-state index contributed by atoms with van der Waals surface area (Å²) in [5, 5.41) is 8.90. The van der Waals surface area contributed by atoms with E-state index in [0.29, 0.717) is 17.6 Å². The molecule has 14 rings (SSSR count). The summed E-state index contributed by atoms with van der Waals surface area (Å²) in [5.41, 5.74) is 13.9. The fourth-order valence-corrected chi connectivity index (χ4v) is 10.0. The van der Waals surface area contributed by atoms with Gasteiger partial charge in [-0.25, -0.2) is 4.98 Å². The average Bonchev–Trinajstić information content (AvgIpc) is 4.07. The fraction of sp³-hybridized carbons (Fsp3) is 0. The summed E-state index contributed by atoms with van der Waals surface area (Å²) >= 11 is 0. The Morgan fingerprint density at radius 1 is 0.299 bits per heavy atom. The van der Waals surface area contributed by atoms with Crippen LogP contribution in [0.5, 0.6) is 0 Å². The molecule has 0 amide bonds. The zero-order chi connectivity index (χ0) is 44.0. The van der Waals surface area contributed by atoms with Crippen molar-refractivity contribution in [1.82, 2.24) is 19.5 Å². The molecule has 0 bridgehead atoms. The molecule has 14 aromatic rings. The summed E-state index contributed by atoms with van der Waals surface area (Å²) in [6, 6.07) is 76.6. The molecule has 67 heavy (non-hydrogen) atoms. The van der Waals surface area contributed by atoms with Gasteiger partial charge in [-0.2, -0.15) is 9.97 Å². The SMILES string of the molecule is c1ccc(-c2nc(-c3ccc4c(c3)oc3ccccc34)nc(-n3c4cc5ccccc5cc4c4cccc(-c5cccc(-c6cccc(-c7ccc8oc9ccccc9c8c7)c6)c5)c43)n2)cc1. The van der Waals surface area contributed by atoms with E-state index in [-0.39, 0.29) is 0 Å². The smallest absolute Gasteiger partial charge is 0.238 e. The standard InChI is InChI=1S/C61H36N4O2/c1-2-13-37(14-3-1)59-62-60(45-27-29-49-47-21-6-8-25-54(47)67-57(49)36-45)64-61(63-59)65-53-35-42-16-5-4-15-41(42)33-51(53)50-24-12-23-46(58(50)65)44-20-11-19-40(32-44)38-17-10-18-39(31-38)43-28-30-56-52(34-43)48-22-7-9-26-55(48)66-56/h1-36H. The molecule has 0 radical (unpaired) electrons. The van der Waals surface area contributed by atoms with E-state index < -0.39 is 0 Å². The Morgan fingerprint density at radius 3 is 1.61 bits per heavy atom. The zero-order valence-corrected chi connectivity index (χ0v) is 35.9. The van der Waals surface area contributed by atoms with Crippen molar-refractivity contribution in [3.05, 3.63) is 218 Å². The first-order valence-corrected chi connectivity index (χ1v) is 22.5. The summed E-state index contributed by atoms with van der Waals surface area (Å²) < 4.78 is 14.8. The Morgan fingerprint density at radius 2 is 0.836 bits per heavy atom. The van der Waals surface area contributed by atoms with Crippen LogP contribution in [-0.2, 0) is 0 Å². The van der Waals surface area contributed by atoms with Gasteiger partial charge in [-0.15, -0.1) is 0 Å². The number of furan rings is 2. The van der Waals surface area contributed by atoms with Crippen molar-refractivity contribution in [3.63, 3.8) is 0 Å². The summed E-state index contributed by atoms with van der Waals surface area (Å²) in [5.74, 6) is 1.67. The number of hydrogen-bond donors (Lipinski definition) is 0. The van der Waals surface area contributed by atoms with E-state index in [0.717, 1.165) is 116 Å². The molecule has 6 nitrogen and oxygen atoms in total.